The predicted octanol–water partition coefficient (Wildman–Crippen LogP) is 5.35. The second kappa shape index (κ2) is 7.27. The molecule has 2 fully saturated rings. The molecule has 2 aliphatic rings. The Morgan fingerprint density at radius 2 is 1.48 bits per heavy atom. The van der Waals surface area contributed by atoms with Crippen molar-refractivity contribution in [1.82, 2.24) is 0 Å². The minimum Gasteiger partial charge on any atom is -0.457 e. The number of halogens is 7. The first-order chi connectivity index (χ1) is 12.9. The number of fused-ring (bicyclic) bond motifs is 2. The second-order valence-electron chi connectivity index (χ2n) is 9.21. The molecule has 0 aliphatic heterocycles. The van der Waals surface area contributed by atoms with E-state index in [0.29, 0.717) is 12.8 Å². The first-order valence-electron chi connectivity index (χ1n) is 9.64. The quantitative estimate of drug-likeness (QED) is 0.451. The molecule has 0 aromatic carbocycles. The highest BCUT2D eigenvalue weighted by atomic mass is 19.4. The molecule has 0 radical (unpaired) electrons. The summed E-state index contributed by atoms with van der Waals surface area (Å²) in [4.78, 5) is 12.1. The lowest BCUT2D eigenvalue weighted by Crippen LogP contribution is -2.58. The van der Waals surface area contributed by atoms with Crippen LogP contribution in [0.15, 0.2) is 0 Å². The number of esters is 1. The molecule has 0 aromatic rings. The van der Waals surface area contributed by atoms with E-state index < -0.39 is 59.4 Å². The molecule has 10 heteroatoms. The van der Waals surface area contributed by atoms with Crippen molar-refractivity contribution in [2.75, 3.05) is 0 Å². The molecule has 29 heavy (non-hydrogen) atoms. The van der Waals surface area contributed by atoms with E-state index in [2.05, 4.69) is 0 Å². The molecule has 170 valence electrons. The summed E-state index contributed by atoms with van der Waals surface area (Å²) >= 11 is 0. The van der Waals surface area contributed by atoms with Crippen LogP contribution in [0.1, 0.15) is 59.8 Å². The van der Waals surface area contributed by atoms with Crippen LogP contribution in [0.5, 0.6) is 0 Å². The summed E-state index contributed by atoms with van der Waals surface area (Å²) in [6.45, 7) is 5.51. The maximum atomic E-state index is 14.2. The molecule has 1 N–H and O–H groups in total. The van der Waals surface area contributed by atoms with Crippen LogP contribution in [0, 0.1) is 23.7 Å². The van der Waals surface area contributed by atoms with E-state index in [0.717, 1.165) is 6.92 Å². The first-order valence-corrected chi connectivity index (χ1v) is 9.64. The van der Waals surface area contributed by atoms with Crippen LogP contribution in [0.4, 0.5) is 30.7 Å². The van der Waals surface area contributed by atoms with E-state index in [-0.39, 0.29) is 18.8 Å². The highest BCUT2D eigenvalue weighted by Crippen LogP contribution is 2.59. The highest BCUT2D eigenvalue weighted by molar-refractivity contribution is 5.79. The molecule has 2 rings (SSSR count). The van der Waals surface area contributed by atoms with E-state index in [1.165, 1.54) is 20.8 Å². The van der Waals surface area contributed by atoms with E-state index in [1.807, 2.05) is 0 Å². The molecular formula is C19H27F7O3. The SMILES string of the molecule is CCC(C)(F)C(=O)OC(C)(C)C1CC2CC(CC(O)(C(F)(F)F)C(F)(F)F)C1C2. The van der Waals surface area contributed by atoms with Crippen LogP contribution in [0.2, 0.25) is 0 Å². The lowest BCUT2D eigenvalue weighted by atomic mass is 9.69. The highest BCUT2D eigenvalue weighted by Gasteiger charge is 2.71. The average Bonchev–Trinajstić information content (AvgIpc) is 3.12. The van der Waals surface area contributed by atoms with Gasteiger partial charge in [0.15, 0.2) is 0 Å². The van der Waals surface area contributed by atoms with Gasteiger partial charge in [0.1, 0.15) is 5.60 Å². The van der Waals surface area contributed by atoms with Crippen LogP contribution in [0.3, 0.4) is 0 Å². The molecule has 3 nitrogen and oxygen atoms in total. The maximum absolute atomic E-state index is 14.2. The Balaban J connectivity index is 2.21. The summed E-state index contributed by atoms with van der Waals surface area (Å²) in [5.41, 5.74) is -8.28. The molecule has 0 saturated heterocycles. The van der Waals surface area contributed by atoms with Gasteiger partial charge in [-0.05, 0) is 70.6 Å². The number of carbonyl (C=O) groups is 1. The number of hydrogen-bond donors (Lipinski definition) is 1. The van der Waals surface area contributed by atoms with Crippen molar-refractivity contribution in [1.29, 1.82) is 0 Å². The zero-order valence-corrected chi connectivity index (χ0v) is 16.8. The van der Waals surface area contributed by atoms with Crippen LogP contribution < -0.4 is 0 Å². The Bertz CT molecular complexity index is 610. The number of hydrogen-bond acceptors (Lipinski definition) is 3. The lowest BCUT2D eigenvalue weighted by Gasteiger charge is -2.43. The van der Waals surface area contributed by atoms with Crippen LogP contribution >= 0.6 is 0 Å². The summed E-state index contributed by atoms with van der Waals surface area (Å²) in [7, 11) is 0. The third-order valence-electron chi connectivity index (χ3n) is 6.78. The van der Waals surface area contributed by atoms with E-state index in [4.69, 9.17) is 4.74 Å². The fraction of sp³-hybridized carbons (Fsp3) is 0.947. The van der Waals surface area contributed by atoms with Crippen LogP contribution in [-0.2, 0) is 9.53 Å². The van der Waals surface area contributed by atoms with Crippen molar-refractivity contribution in [3.63, 3.8) is 0 Å². The summed E-state index contributed by atoms with van der Waals surface area (Å²) in [6, 6.07) is 0. The van der Waals surface area contributed by atoms with Crippen molar-refractivity contribution in [2.24, 2.45) is 23.7 Å². The fourth-order valence-corrected chi connectivity index (χ4v) is 4.87. The van der Waals surface area contributed by atoms with Gasteiger partial charge in [0.25, 0.3) is 5.60 Å². The van der Waals surface area contributed by atoms with Gasteiger partial charge < -0.3 is 9.84 Å². The van der Waals surface area contributed by atoms with Gasteiger partial charge in [0.2, 0.25) is 5.67 Å². The molecule has 5 atom stereocenters. The zero-order chi connectivity index (χ0) is 22.6. The number of alkyl halides is 7. The molecule has 0 aromatic heterocycles. The minimum atomic E-state index is -5.86. The molecular weight excluding hydrogens is 409 g/mol. The van der Waals surface area contributed by atoms with Gasteiger partial charge in [-0.25, -0.2) is 9.18 Å². The van der Waals surface area contributed by atoms with Gasteiger partial charge in [-0.3, -0.25) is 0 Å². The van der Waals surface area contributed by atoms with Gasteiger partial charge in [-0.1, -0.05) is 6.92 Å². The van der Waals surface area contributed by atoms with Crippen molar-refractivity contribution >= 4 is 5.97 Å². The van der Waals surface area contributed by atoms with Crippen molar-refractivity contribution < 1.29 is 45.4 Å². The van der Waals surface area contributed by atoms with Gasteiger partial charge in [-0.2, -0.15) is 26.3 Å². The third kappa shape index (κ3) is 4.37. The number of aliphatic hydroxyl groups is 1. The van der Waals surface area contributed by atoms with E-state index in [9.17, 15) is 40.6 Å². The molecule has 0 amide bonds. The van der Waals surface area contributed by atoms with Gasteiger partial charge >= 0.3 is 18.3 Å². The van der Waals surface area contributed by atoms with Crippen molar-refractivity contribution in [3.05, 3.63) is 0 Å². The van der Waals surface area contributed by atoms with Gasteiger partial charge in [0.05, 0.1) is 0 Å². The number of ether oxygens (including phenoxy) is 1. The minimum absolute atomic E-state index is 0.123. The second-order valence-corrected chi connectivity index (χ2v) is 9.21. The number of rotatable bonds is 6. The summed E-state index contributed by atoms with van der Waals surface area (Å²) in [5.74, 6) is -3.37. The Morgan fingerprint density at radius 1 is 0.966 bits per heavy atom. The van der Waals surface area contributed by atoms with Crippen molar-refractivity contribution in [2.45, 2.75) is 89.0 Å². The topological polar surface area (TPSA) is 46.5 Å². The zero-order valence-electron chi connectivity index (χ0n) is 16.8. The fourth-order valence-electron chi connectivity index (χ4n) is 4.87. The Hall–Kier alpha value is -1.06. The molecule has 2 aliphatic carbocycles. The van der Waals surface area contributed by atoms with E-state index >= 15 is 0 Å². The molecule has 0 spiro atoms. The van der Waals surface area contributed by atoms with Crippen LogP contribution in [-0.4, -0.2) is 40.3 Å². The molecule has 2 bridgehead atoms. The van der Waals surface area contributed by atoms with Crippen molar-refractivity contribution in [3.8, 4) is 0 Å². The third-order valence-corrected chi connectivity index (χ3v) is 6.78. The average molecular weight is 436 g/mol. The molecule has 0 heterocycles. The monoisotopic (exact) mass is 436 g/mol. The predicted molar refractivity (Wildman–Crippen MR) is 89.5 cm³/mol. The summed E-state index contributed by atoms with van der Waals surface area (Å²) < 4.78 is 98.1. The van der Waals surface area contributed by atoms with Crippen LogP contribution in [0.25, 0.3) is 0 Å². The maximum Gasteiger partial charge on any atom is 0.426 e. The molecule has 2 saturated carbocycles. The first kappa shape index (κ1) is 24.2. The summed E-state index contributed by atoms with van der Waals surface area (Å²) in [5, 5.41) is 9.56. The smallest absolute Gasteiger partial charge is 0.426 e. The largest absolute Gasteiger partial charge is 0.457 e. The normalized spacial score (nSPS) is 30.3. The lowest BCUT2D eigenvalue weighted by molar-refractivity contribution is -0.373. The Labute approximate surface area is 165 Å². The Morgan fingerprint density at radius 3 is 1.90 bits per heavy atom. The number of carbonyl (C=O) groups excluding carboxylic acids is 1. The molecule has 5 unspecified atom stereocenters. The van der Waals surface area contributed by atoms with E-state index in [1.54, 1.807) is 0 Å². The standard InChI is InChI=1S/C19H27F7O3/c1-5-16(4,20)14(27)29-15(2,3)13-8-10-6-11(12(13)7-10)9-17(28,18(21,22)23)19(24,25)26/h10-13,28H,5-9H2,1-4H3. The van der Waals surface area contributed by atoms with Gasteiger partial charge in [0, 0.05) is 5.92 Å². The summed E-state index contributed by atoms with van der Waals surface area (Å²) in [6.07, 6.45) is -12.3. The van der Waals surface area contributed by atoms with Gasteiger partial charge in [-0.15, -0.1) is 0 Å². The Kier molecular flexibility index (Phi) is 6.07.